The van der Waals surface area contributed by atoms with Gasteiger partial charge < -0.3 is 10.2 Å². The first-order valence-corrected chi connectivity index (χ1v) is 7.20. The summed E-state index contributed by atoms with van der Waals surface area (Å²) in [6, 6.07) is 5.70. The molecule has 1 aromatic rings. The van der Waals surface area contributed by atoms with Gasteiger partial charge >= 0.3 is 0 Å². The molecular weight excluding hydrogens is 270 g/mol. The second-order valence-corrected chi connectivity index (χ2v) is 5.54. The third-order valence-electron chi connectivity index (χ3n) is 4.01. The number of carbonyl (C=O) groups excluding carboxylic acids is 1. The van der Waals surface area contributed by atoms with Crippen LogP contribution in [-0.4, -0.2) is 34.9 Å². The minimum Gasteiger partial charge on any atom is -0.343 e. The molecule has 1 amide bonds. The van der Waals surface area contributed by atoms with Crippen molar-refractivity contribution in [1.29, 1.82) is 0 Å². The maximum atomic E-state index is 11.3. The third-order valence-corrected chi connectivity index (χ3v) is 4.01. The van der Waals surface area contributed by atoms with Gasteiger partial charge in [-0.15, -0.1) is 0 Å². The summed E-state index contributed by atoms with van der Waals surface area (Å²) >= 11 is 0. The van der Waals surface area contributed by atoms with E-state index in [4.69, 9.17) is 0 Å². The summed E-state index contributed by atoms with van der Waals surface area (Å²) in [5.41, 5.74) is 1.76. The molecule has 1 fully saturated rings. The van der Waals surface area contributed by atoms with Gasteiger partial charge in [0.2, 0.25) is 5.91 Å². The highest BCUT2D eigenvalue weighted by Gasteiger charge is 2.20. The third kappa shape index (κ3) is 4.01. The standard InChI is InChI=1S/C15H21N3O3/c1-11-3-4-13(9-15(11)18(20)21)10-16-14-5-7-17(8-6-14)12(2)19/h3-4,9,14,16H,5-8,10H2,1-2H3. The van der Waals surface area contributed by atoms with Gasteiger partial charge in [0.25, 0.3) is 5.69 Å². The monoisotopic (exact) mass is 291 g/mol. The van der Waals surface area contributed by atoms with E-state index in [-0.39, 0.29) is 16.5 Å². The van der Waals surface area contributed by atoms with Crippen LogP contribution in [0.25, 0.3) is 0 Å². The minimum absolute atomic E-state index is 0.127. The van der Waals surface area contributed by atoms with E-state index in [9.17, 15) is 14.9 Å². The van der Waals surface area contributed by atoms with Crippen molar-refractivity contribution >= 4 is 11.6 Å². The van der Waals surface area contributed by atoms with Crippen molar-refractivity contribution in [2.24, 2.45) is 0 Å². The van der Waals surface area contributed by atoms with Crippen LogP contribution in [-0.2, 0) is 11.3 Å². The summed E-state index contributed by atoms with van der Waals surface area (Å²) in [4.78, 5) is 23.7. The summed E-state index contributed by atoms with van der Waals surface area (Å²) in [7, 11) is 0. The summed E-state index contributed by atoms with van der Waals surface area (Å²) < 4.78 is 0. The Morgan fingerprint density at radius 3 is 2.67 bits per heavy atom. The van der Waals surface area contributed by atoms with Crippen LogP contribution in [0.5, 0.6) is 0 Å². The Morgan fingerprint density at radius 2 is 2.10 bits per heavy atom. The van der Waals surface area contributed by atoms with Gasteiger partial charge in [-0.2, -0.15) is 0 Å². The maximum Gasteiger partial charge on any atom is 0.272 e. The van der Waals surface area contributed by atoms with Crippen LogP contribution in [0.2, 0.25) is 0 Å². The Bertz CT molecular complexity index is 537. The molecule has 0 unspecified atom stereocenters. The van der Waals surface area contributed by atoms with E-state index >= 15 is 0 Å². The predicted molar refractivity (Wildman–Crippen MR) is 79.9 cm³/mol. The molecule has 0 atom stereocenters. The highest BCUT2D eigenvalue weighted by molar-refractivity contribution is 5.73. The van der Waals surface area contributed by atoms with Gasteiger partial charge in [0, 0.05) is 44.2 Å². The van der Waals surface area contributed by atoms with Crippen LogP contribution < -0.4 is 5.32 Å². The van der Waals surface area contributed by atoms with E-state index in [0.29, 0.717) is 18.2 Å². The van der Waals surface area contributed by atoms with Gasteiger partial charge in [-0.25, -0.2) is 0 Å². The van der Waals surface area contributed by atoms with Gasteiger partial charge in [-0.1, -0.05) is 12.1 Å². The largest absolute Gasteiger partial charge is 0.343 e. The first kappa shape index (κ1) is 15.4. The fourth-order valence-electron chi connectivity index (χ4n) is 2.62. The van der Waals surface area contributed by atoms with Gasteiger partial charge in [-0.3, -0.25) is 14.9 Å². The molecule has 0 aromatic heterocycles. The lowest BCUT2D eigenvalue weighted by atomic mass is 10.0. The Morgan fingerprint density at radius 1 is 1.43 bits per heavy atom. The molecule has 21 heavy (non-hydrogen) atoms. The molecule has 114 valence electrons. The van der Waals surface area contributed by atoms with E-state index in [1.165, 1.54) is 0 Å². The van der Waals surface area contributed by atoms with Crippen molar-refractivity contribution in [3.63, 3.8) is 0 Å². The van der Waals surface area contributed by atoms with E-state index in [1.54, 1.807) is 26.0 Å². The highest BCUT2D eigenvalue weighted by atomic mass is 16.6. The van der Waals surface area contributed by atoms with E-state index in [2.05, 4.69) is 5.32 Å². The van der Waals surface area contributed by atoms with E-state index < -0.39 is 0 Å². The Balaban J connectivity index is 1.88. The number of nitrogens with one attached hydrogen (secondary N) is 1. The summed E-state index contributed by atoms with van der Waals surface area (Å²) in [5.74, 6) is 0.127. The zero-order valence-corrected chi connectivity index (χ0v) is 12.5. The molecule has 1 saturated heterocycles. The minimum atomic E-state index is -0.343. The summed E-state index contributed by atoms with van der Waals surface area (Å²) in [6.45, 7) is 5.51. The van der Waals surface area contributed by atoms with Gasteiger partial charge in [-0.05, 0) is 25.3 Å². The fourth-order valence-corrected chi connectivity index (χ4v) is 2.62. The number of amides is 1. The molecule has 1 aromatic carbocycles. The number of piperidine rings is 1. The molecule has 6 heteroatoms. The van der Waals surface area contributed by atoms with Crippen molar-refractivity contribution in [3.05, 3.63) is 39.4 Å². The summed E-state index contributed by atoms with van der Waals surface area (Å²) in [6.07, 6.45) is 1.85. The van der Waals surface area contributed by atoms with Crippen LogP contribution in [0.3, 0.4) is 0 Å². The van der Waals surface area contributed by atoms with Gasteiger partial charge in [0.1, 0.15) is 0 Å². The molecule has 6 nitrogen and oxygen atoms in total. The first-order valence-electron chi connectivity index (χ1n) is 7.20. The number of aryl methyl sites for hydroxylation is 1. The van der Waals surface area contributed by atoms with Crippen molar-refractivity contribution in [2.75, 3.05) is 13.1 Å². The molecule has 2 rings (SSSR count). The molecule has 1 heterocycles. The normalized spacial score (nSPS) is 16.0. The number of hydrogen-bond acceptors (Lipinski definition) is 4. The molecule has 1 N–H and O–H groups in total. The van der Waals surface area contributed by atoms with E-state index in [0.717, 1.165) is 31.5 Å². The summed E-state index contributed by atoms with van der Waals surface area (Å²) in [5, 5.41) is 14.3. The average Bonchev–Trinajstić information content (AvgIpc) is 2.46. The van der Waals surface area contributed by atoms with Crippen molar-refractivity contribution < 1.29 is 9.72 Å². The lowest BCUT2D eigenvalue weighted by molar-refractivity contribution is -0.385. The quantitative estimate of drug-likeness (QED) is 0.680. The number of nitro groups is 1. The number of benzene rings is 1. The van der Waals surface area contributed by atoms with Gasteiger partial charge in [0.05, 0.1) is 4.92 Å². The van der Waals surface area contributed by atoms with E-state index in [1.807, 2.05) is 11.0 Å². The Hall–Kier alpha value is -1.95. The number of rotatable bonds is 4. The van der Waals surface area contributed by atoms with Crippen molar-refractivity contribution in [2.45, 2.75) is 39.3 Å². The lowest BCUT2D eigenvalue weighted by Gasteiger charge is -2.31. The number of carbonyl (C=O) groups is 1. The number of hydrogen-bond donors (Lipinski definition) is 1. The number of likely N-dealkylation sites (tertiary alicyclic amines) is 1. The highest BCUT2D eigenvalue weighted by Crippen LogP contribution is 2.19. The van der Waals surface area contributed by atoms with Crippen LogP contribution in [0.15, 0.2) is 18.2 Å². The average molecular weight is 291 g/mol. The molecule has 0 aliphatic carbocycles. The molecule has 0 radical (unpaired) electrons. The molecule has 0 spiro atoms. The maximum absolute atomic E-state index is 11.3. The molecular formula is C15H21N3O3. The van der Waals surface area contributed by atoms with Crippen molar-refractivity contribution in [1.82, 2.24) is 10.2 Å². The second-order valence-electron chi connectivity index (χ2n) is 5.54. The smallest absolute Gasteiger partial charge is 0.272 e. The van der Waals surface area contributed by atoms with Crippen LogP contribution in [0, 0.1) is 17.0 Å². The van der Waals surface area contributed by atoms with Gasteiger partial charge in [0.15, 0.2) is 0 Å². The topological polar surface area (TPSA) is 75.5 Å². The second kappa shape index (κ2) is 6.67. The Labute approximate surface area is 124 Å². The first-order chi connectivity index (χ1) is 9.97. The molecule has 1 aliphatic rings. The van der Waals surface area contributed by atoms with Crippen LogP contribution in [0.4, 0.5) is 5.69 Å². The predicted octanol–water partition coefficient (Wildman–Crippen LogP) is 2.00. The van der Waals surface area contributed by atoms with Crippen LogP contribution in [0.1, 0.15) is 30.9 Å². The zero-order valence-electron chi connectivity index (χ0n) is 12.5. The zero-order chi connectivity index (χ0) is 15.4. The van der Waals surface area contributed by atoms with Crippen molar-refractivity contribution in [3.8, 4) is 0 Å². The fraction of sp³-hybridized carbons (Fsp3) is 0.533. The molecule has 0 bridgehead atoms. The Kier molecular flexibility index (Phi) is 4.90. The molecule has 1 aliphatic heterocycles. The molecule has 0 saturated carbocycles. The lowest BCUT2D eigenvalue weighted by Crippen LogP contribution is -2.43. The van der Waals surface area contributed by atoms with Crippen LogP contribution >= 0.6 is 0 Å². The number of nitrogens with zero attached hydrogens (tertiary/aromatic N) is 2. The SMILES string of the molecule is CC(=O)N1CCC(NCc2ccc(C)c([N+](=O)[O-])c2)CC1. The number of nitro benzene ring substituents is 1.